The van der Waals surface area contributed by atoms with Crippen LogP contribution in [0.1, 0.15) is 18.4 Å². The van der Waals surface area contributed by atoms with Gasteiger partial charge in [-0.3, -0.25) is 4.79 Å². The van der Waals surface area contributed by atoms with E-state index in [0.29, 0.717) is 39.1 Å². The number of rotatable bonds is 6. The second-order valence-electron chi connectivity index (χ2n) is 5.31. The maximum absolute atomic E-state index is 12.1. The van der Waals surface area contributed by atoms with Crippen LogP contribution in [0.3, 0.4) is 0 Å². The van der Waals surface area contributed by atoms with Gasteiger partial charge in [0, 0.05) is 26.1 Å². The lowest BCUT2D eigenvalue weighted by atomic mass is 10.2. The molecule has 22 heavy (non-hydrogen) atoms. The Morgan fingerprint density at radius 2 is 1.86 bits per heavy atom. The Hall–Kier alpha value is -1.44. The van der Waals surface area contributed by atoms with Crippen LogP contribution in [0.4, 0.5) is 0 Å². The van der Waals surface area contributed by atoms with E-state index in [0.717, 1.165) is 5.56 Å². The Kier molecular flexibility index (Phi) is 5.93. The van der Waals surface area contributed by atoms with E-state index in [1.165, 1.54) is 0 Å². The minimum absolute atomic E-state index is 0.0535. The molecule has 1 fully saturated rings. The minimum Gasteiger partial charge on any atom is -0.378 e. The molecule has 6 nitrogen and oxygen atoms in total. The van der Waals surface area contributed by atoms with Gasteiger partial charge in [0.2, 0.25) is 15.9 Å². The van der Waals surface area contributed by atoms with Crippen molar-refractivity contribution in [1.82, 2.24) is 9.62 Å². The van der Waals surface area contributed by atoms with E-state index in [4.69, 9.17) is 4.74 Å². The van der Waals surface area contributed by atoms with E-state index >= 15 is 0 Å². The first-order valence-electron chi connectivity index (χ1n) is 7.41. The van der Waals surface area contributed by atoms with Crippen LogP contribution >= 0.6 is 0 Å². The quantitative estimate of drug-likeness (QED) is 0.789. The second kappa shape index (κ2) is 7.71. The highest BCUT2D eigenvalue weighted by molar-refractivity contribution is 7.89. The highest BCUT2D eigenvalue weighted by atomic mass is 32.2. The number of nitrogens with one attached hydrogen (secondary N) is 1. The van der Waals surface area contributed by atoms with Crippen LogP contribution in [-0.4, -0.2) is 52.1 Å². The molecule has 0 atom stereocenters. The van der Waals surface area contributed by atoms with E-state index in [1.807, 2.05) is 6.92 Å². The molecule has 1 aromatic rings. The van der Waals surface area contributed by atoms with Gasteiger partial charge in [-0.1, -0.05) is 17.7 Å². The van der Waals surface area contributed by atoms with Crippen molar-refractivity contribution in [2.75, 3.05) is 32.8 Å². The Bertz CT molecular complexity index is 592. The van der Waals surface area contributed by atoms with Crippen molar-refractivity contribution < 1.29 is 17.9 Å². The number of ether oxygens (including phenoxy) is 1. The Morgan fingerprint density at radius 3 is 2.50 bits per heavy atom. The molecule has 7 heteroatoms. The molecule has 0 unspecified atom stereocenters. The smallest absolute Gasteiger partial charge is 0.240 e. The number of carbonyl (C=O) groups is 1. The summed E-state index contributed by atoms with van der Waals surface area (Å²) in [6.45, 7) is 4.55. The highest BCUT2D eigenvalue weighted by Gasteiger charge is 2.17. The number of nitrogens with zero attached hydrogens (tertiary/aromatic N) is 1. The number of benzene rings is 1. The summed E-state index contributed by atoms with van der Waals surface area (Å²) in [5.74, 6) is 0.0535. The summed E-state index contributed by atoms with van der Waals surface area (Å²) >= 11 is 0. The van der Waals surface area contributed by atoms with E-state index in [-0.39, 0.29) is 17.3 Å². The van der Waals surface area contributed by atoms with E-state index in [2.05, 4.69) is 4.72 Å². The average Bonchev–Trinajstić information content (AvgIpc) is 2.52. The number of sulfonamides is 1. The van der Waals surface area contributed by atoms with Crippen molar-refractivity contribution in [2.45, 2.75) is 24.7 Å². The van der Waals surface area contributed by atoms with E-state index in [1.54, 1.807) is 29.2 Å². The zero-order chi connectivity index (χ0) is 16.0. The minimum atomic E-state index is -3.49. The van der Waals surface area contributed by atoms with Gasteiger partial charge in [-0.15, -0.1) is 0 Å². The molecular formula is C15H22N2O4S. The number of aryl methyl sites for hydroxylation is 1. The Labute approximate surface area is 131 Å². The summed E-state index contributed by atoms with van der Waals surface area (Å²) in [4.78, 5) is 13.9. The maximum atomic E-state index is 12.1. The van der Waals surface area contributed by atoms with Crippen molar-refractivity contribution in [2.24, 2.45) is 0 Å². The lowest BCUT2D eigenvalue weighted by Gasteiger charge is -2.26. The normalized spacial score (nSPS) is 15.8. The van der Waals surface area contributed by atoms with Crippen LogP contribution in [-0.2, 0) is 19.6 Å². The van der Waals surface area contributed by atoms with Crippen LogP contribution in [0, 0.1) is 6.92 Å². The van der Waals surface area contributed by atoms with Gasteiger partial charge in [-0.05, 0) is 25.5 Å². The van der Waals surface area contributed by atoms with Crippen LogP contribution in [0.5, 0.6) is 0 Å². The van der Waals surface area contributed by atoms with Crippen molar-refractivity contribution in [3.05, 3.63) is 29.8 Å². The third-order valence-corrected chi connectivity index (χ3v) is 5.03. The standard InChI is InChI=1S/C15H22N2O4S/c1-13-4-6-14(7-5-13)22(19,20)16-8-2-3-15(18)17-9-11-21-12-10-17/h4-7,16H,2-3,8-12H2,1H3. The zero-order valence-electron chi connectivity index (χ0n) is 12.7. The Morgan fingerprint density at radius 1 is 1.23 bits per heavy atom. The first kappa shape index (κ1) is 16.9. The summed E-state index contributed by atoms with van der Waals surface area (Å²) in [6, 6.07) is 6.68. The third-order valence-electron chi connectivity index (χ3n) is 3.55. The van der Waals surface area contributed by atoms with Crippen molar-refractivity contribution in [1.29, 1.82) is 0 Å². The molecule has 0 saturated carbocycles. The molecule has 0 bridgehead atoms. The molecule has 1 heterocycles. The summed E-state index contributed by atoms with van der Waals surface area (Å²) in [7, 11) is -3.49. The van der Waals surface area contributed by atoms with E-state index < -0.39 is 10.0 Å². The molecular weight excluding hydrogens is 304 g/mol. The fraction of sp³-hybridized carbons (Fsp3) is 0.533. The number of amides is 1. The maximum Gasteiger partial charge on any atom is 0.240 e. The van der Waals surface area contributed by atoms with Gasteiger partial charge in [-0.25, -0.2) is 13.1 Å². The SMILES string of the molecule is Cc1ccc(S(=O)(=O)NCCCC(=O)N2CCOCC2)cc1. The van der Waals surface area contributed by atoms with Gasteiger partial charge in [0.1, 0.15) is 0 Å². The summed E-state index contributed by atoms with van der Waals surface area (Å²) in [6.07, 6.45) is 0.831. The van der Waals surface area contributed by atoms with Crippen molar-refractivity contribution >= 4 is 15.9 Å². The fourth-order valence-corrected chi connectivity index (χ4v) is 3.29. The summed E-state index contributed by atoms with van der Waals surface area (Å²) in [5, 5.41) is 0. The summed E-state index contributed by atoms with van der Waals surface area (Å²) in [5.41, 5.74) is 1.01. The van der Waals surface area contributed by atoms with Gasteiger partial charge in [0.15, 0.2) is 0 Å². The first-order valence-corrected chi connectivity index (χ1v) is 8.89. The Balaban J connectivity index is 1.75. The largest absolute Gasteiger partial charge is 0.378 e. The van der Waals surface area contributed by atoms with Gasteiger partial charge in [-0.2, -0.15) is 0 Å². The number of hydrogen-bond donors (Lipinski definition) is 1. The molecule has 0 spiro atoms. The molecule has 1 aliphatic rings. The van der Waals surface area contributed by atoms with Crippen LogP contribution in [0.2, 0.25) is 0 Å². The topological polar surface area (TPSA) is 75.7 Å². The number of hydrogen-bond acceptors (Lipinski definition) is 4. The van der Waals surface area contributed by atoms with Gasteiger partial charge < -0.3 is 9.64 Å². The third kappa shape index (κ3) is 4.79. The molecule has 1 aromatic carbocycles. The molecule has 1 saturated heterocycles. The predicted molar refractivity (Wildman–Crippen MR) is 83.0 cm³/mol. The van der Waals surface area contributed by atoms with Gasteiger partial charge in [0.25, 0.3) is 0 Å². The number of morpholine rings is 1. The lowest BCUT2D eigenvalue weighted by Crippen LogP contribution is -2.40. The van der Waals surface area contributed by atoms with Gasteiger partial charge in [0.05, 0.1) is 18.1 Å². The molecule has 1 N–H and O–H groups in total. The highest BCUT2D eigenvalue weighted by Crippen LogP contribution is 2.10. The second-order valence-corrected chi connectivity index (χ2v) is 7.07. The molecule has 122 valence electrons. The first-order chi connectivity index (χ1) is 10.5. The molecule has 2 rings (SSSR count). The molecule has 1 amide bonds. The molecule has 1 aliphatic heterocycles. The zero-order valence-corrected chi connectivity index (χ0v) is 13.6. The van der Waals surface area contributed by atoms with Crippen LogP contribution in [0.15, 0.2) is 29.2 Å². The van der Waals surface area contributed by atoms with Crippen molar-refractivity contribution in [3.8, 4) is 0 Å². The van der Waals surface area contributed by atoms with Crippen LogP contribution in [0.25, 0.3) is 0 Å². The predicted octanol–water partition coefficient (Wildman–Crippen LogP) is 0.912. The van der Waals surface area contributed by atoms with Crippen molar-refractivity contribution in [3.63, 3.8) is 0 Å². The van der Waals surface area contributed by atoms with Gasteiger partial charge >= 0.3 is 0 Å². The lowest BCUT2D eigenvalue weighted by molar-refractivity contribution is -0.135. The monoisotopic (exact) mass is 326 g/mol. The molecule has 0 aliphatic carbocycles. The van der Waals surface area contributed by atoms with Crippen LogP contribution < -0.4 is 4.72 Å². The summed E-state index contributed by atoms with van der Waals surface area (Å²) < 4.78 is 31.9. The molecule has 0 aromatic heterocycles. The molecule has 0 radical (unpaired) electrons. The van der Waals surface area contributed by atoms with E-state index in [9.17, 15) is 13.2 Å². The number of carbonyl (C=O) groups excluding carboxylic acids is 1. The fourth-order valence-electron chi connectivity index (χ4n) is 2.22. The average molecular weight is 326 g/mol.